The number of esters is 7. The molecular formula is C91H82Br2O28. The van der Waals surface area contributed by atoms with Crippen LogP contribution < -0.4 is 0 Å². The molecule has 0 spiro atoms. The third-order valence-corrected chi connectivity index (χ3v) is 23.0. The summed E-state index contributed by atoms with van der Waals surface area (Å²) in [5, 5.41) is 12.2. The third kappa shape index (κ3) is 20.9. The fourth-order valence-electron chi connectivity index (χ4n) is 14.6. The van der Waals surface area contributed by atoms with Crippen LogP contribution in [0, 0.1) is 0 Å². The van der Waals surface area contributed by atoms with E-state index in [0.717, 1.165) is 0 Å². The average Bonchev–Trinajstić information content (AvgIpc) is 0.748. The molecule has 0 amide bonds. The van der Waals surface area contributed by atoms with E-state index >= 15 is 14.4 Å². The lowest BCUT2D eigenvalue weighted by atomic mass is 9.94. The molecule has 9 aromatic rings. The highest BCUT2D eigenvalue weighted by atomic mass is 79.9. The Kier molecular flexibility index (Phi) is 28.7. The summed E-state index contributed by atoms with van der Waals surface area (Å²) in [7, 11) is 0. The average molecular weight is 1780 g/mol. The molecule has 6 heterocycles. The van der Waals surface area contributed by atoms with E-state index in [1.165, 1.54) is 109 Å². The summed E-state index contributed by atoms with van der Waals surface area (Å²) in [5.74, 6) is -8.93. The Balaban J connectivity index is 0.875. The quantitative estimate of drug-likeness (QED) is 0.0197. The van der Waals surface area contributed by atoms with Crippen molar-refractivity contribution in [2.24, 2.45) is 0 Å². The molecule has 121 heavy (non-hydrogen) atoms. The molecule has 0 radical (unpaired) electrons. The van der Waals surface area contributed by atoms with Crippen molar-refractivity contribution in [1.82, 2.24) is 0 Å². The van der Waals surface area contributed by atoms with Gasteiger partial charge in [-0.25, -0.2) is 38.4 Å². The molecule has 0 aromatic heterocycles. The second-order valence-electron chi connectivity index (χ2n) is 28.7. The Morgan fingerprint density at radius 1 is 0.331 bits per heavy atom. The second kappa shape index (κ2) is 40.7. The molecule has 6 saturated heterocycles. The Labute approximate surface area is 710 Å². The minimum Gasteiger partial charge on any atom is -0.479 e. The van der Waals surface area contributed by atoms with Crippen LogP contribution in [0.2, 0.25) is 0 Å². The van der Waals surface area contributed by atoms with Gasteiger partial charge in [0.15, 0.2) is 86.6 Å². The molecule has 6 aliphatic heterocycles. The summed E-state index contributed by atoms with van der Waals surface area (Å²) in [5.41, 5.74) is 0.912. The van der Waals surface area contributed by atoms with Crippen LogP contribution in [0.15, 0.2) is 273 Å². The fourth-order valence-corrected chi connectivity index (χ4v) is 15.3. The highest BCUT2D eigenvalue weighted by molar-refractivity contribution is 9.12. The number of rotatable bonds is 29. The zero-order chi connectivity index (χ0) is 83.7. The predicted octanol–water partition coefficient (Wildman–Crippen LogP) is 12.5. The van der Waals surface area contributed by atoms with Gasteiger partial charge in [-0.05, 0) is 97.8 Å². The standard InChI is InChI=1S/C91H82Br2O28/c92-49-62(93)47-28-48-103-88-74(113-82(99)56-35-16-4-17-36-56)68(110-79(96)53-29-10-1-11-30-53)65(52-106-88)108-89-75(114-83(100)57-37-18-5-19-38-57)69(66-63(107-89)50-104-86(117-66)60-43-24-8-25-44-60)119-90-76(115-84(101)58-39-20-6-21-40-58)70(67-64(109-90)51-105-87(118-67)61-45-26-9-27-46-61)120-91-77(116-85(102)59-41-22-7-23-42-59)72(112-81(98)55-33-14-3-15-34-55)71(73(121-91)78(94)95)111-80(97)54-31-12-2-13-32-54/h1-27,29-46,62-77,86-91H,28,47-52H2,(H,94,95)/t62?,63-,64-,65-,66+,67+,68+,69+,70+,71+,72+,73+,74-,75-,76-,77-,86+,87+,88-,89+,90+,91-/m1/s1. The molecule has 22 atom stereocenters. The van der Waals surface area contributed by atoms with Gasteiger partial charge in [-0.15, -0.1) is 0 Å². The van der Waals surface area contributed by atoms with Crippen LogP contribution in [0.4, 0.5) is 0 Å². The lowest BCUT2D eigenvalue weighted by Gasteiger charge is -2.53. The topological polar surface area (TPSA) is 332 Å². The van der Waals surface area contributed by atoms with Crippen LogP contribution in [0.1, 0.15) is 109 Å². The first kappa shape index (κ1) is 85.2. The Morgan fingerprint density at radius 2 is 0.628 bits per heavy atom. The number of hydrogen-bond acceptors (Lipinski definition) is 27. The number of carbonyl (C=O) groups is 8. The van der Waals surface area contributed by atoms with Crippen LogP contribution >= 0.6 is 31.9 Å². The highest BCUT2D eigenvalue weighted by Crippen LogP contribution is 2.45. The molecule has 1 N–H and O–H groups in total. The highest BCUT2D eigenvalue weighted by Gasteiger charge is 2.63. The van der Waals surface area contributed by atoms with E-state index in [1.54, 1.807) is 164 Å². The molecule has 28 nitrogen and oxygen atoms in total. The van der Waals surface area contributed by atoms with Crippen molar-refractivity contribution in [2.75, 3.05) is 31.8 Å². The second-order valence-corrected chi connectivity index (χ2v) is 30.6. The number of fused-ring (bicyclic) bond motifs is 2. The van der Waals surface area contributed by atoms with Crippen molar-refractivity contribution in [3.63, 3.8) is 0 Å². The summed E-state index contributed by atoms with van der Waals surface area (Å²) in [6.45, 7) is -1.14. The first-order chi connectivity index (χ1) is 59.1. The first-order valence-corrected chi connectivity index (χ1v) is 41.2. The van der Waals surface area contributed by atoms with Gasteiger partial charge < -0.3 is 95.1 Å². The smallest absolute Gasteiger partial charge is 0.338 e. The van der Waals surface area contributed by atoms with Crippen molar-refractivity contribution in [3.8, 4) is 0 Å². The van der Waals surface area contributed by atoms with Gasteiger partial charge >= 0.3 is 47.8 Å². The number of aliphatic carboxylic acids is 1. The van der Waals surface area contributed by atoms with Gasteiger partial charge in [0, 0.05) is 27.9 Å². The molecule has 0 saturated carbocycles. The van der Waals surface area contributed by atoms with E-state index < -0.39 is 190 Å². The minimum atomic E-state index is -2.37. The largest absolute Gasteiger partial charge is 0.479 e. The van der Waals surface area contributed by atoms with Gasteiger partial charge in [-0.2, -0.15) is 0 Å². The number of alkyl halides is 2. The Hall–Kier alpha value is -10.8. The SMILES string of the molecule is O=C(O[C@@H]1[C@@H](OC(=O)c2ccccc2)[C@H](O[C@H]2[C@H]3O[C@@H](c4ccccc4)OC[C@H]3O[C@@H](O[C@H]3[C@H]4O[C@@H](c5ccccc5)OC[C@H]4O[C@@H](O[C@@H]4CO[C@@H](OCCCC(Br)CBr)[C@H](OC(=O)c5ccccc5)[C@H]4OC(=O)c4ccccc4)[C@@H]3OC(=O)c3ccccc3)[C@@H]2OC(=O)c2ccccc2)O[C@H](C(=O)O)[C@H]1OC(=O)c1ccccc1)c1ccccc1. The van der Waals surface area contributed by atoms with Gasteiger partial charge in [0.2, 0.25) is 0 Å². The van der Waals surface area contributed by atoms with Gasteiger partial charge in [-0.1, -0.05) is 220 Å². The molecule has 9 aromatic carbocycles. The number of hydrogen-bond donors (Lipinski definition) is 1. The maximum atomic E-state index is 15.5. The number of carbonyl (C=O) groups excluding carboxylic acids is 7. The minimum absolute atomic E-state index is 0.00643. The van der Waals surface area contributed by atoms with Crippen molar-refractivity contribution in [2.45, 2.75) is 147 Å². The maximum absolute atomic E-state index is 15.5. The van der Waals surface area contributed by atoms with E-state index in [4.69, 9.17) is 90.0 Å². The summed E-state index contributed by atoms with van der Waals surface area (Å²) in [6.07, 6.45) is -36.3. The number of ether oxygens (including phenoxy) is 19. The first-order valence-electron chi connectivity index (χ1n) is 39.1. The van der Waals surface area contributed by atoms with Gasteiger partial charge in [0.25, 0.3) is 0 Å². The van der Waals surface area contributed by atoms with Crippen LogP contribution in [0.5, 0.6) is 0 Å². The van der Waals surface area contributed by atoms with E-state index in [2.05, 4.69) is 31.9 Å². The number of benzene rings is 9. The molecule has 6 aliphatic rings. The van der Waals surface area contributed by atoms with E-state index in [9.17, 15) is 29.1 Å². The molecule has 0 bridgehead atoms. The molecular weight excluding hydrogens is 1700 g/mol. The van der Waals surface area contributed by atoms with Crippen molar-refractivity contribution >= 4 is 79.6 Å². The van der Waals surface area contributed by atoms with E-state index in [-0.39, 0.29) is 57.0 Å². The molecule has 0 aliphatic carbocycles. The number of carboxylic acids is 1. The maximum Gasteiger partial charge on any atom is 0.338 e. The summed E-state index contributed by atoms with van der Waals surface area (Å²) < 4.78 is 128. The van der Waals surface area contributed by atoms with Gasteiger partial charge in [0.1, 0.15) is 42.7 Å². The third-order valence-electron chi connectivity index (χ3n) is 20.6. The lowest BCUT2D eigenvalue weighted by molar-refractivity contribution is -0.418. The fraction of sp³-hybridized carbons (Fsp3) is 0.319. The van der Waals surface area contributed by atoms with E-state index in [0.29, 0.717) is 29.3 Å². The molecule has 15 rings (SSSR count). The molecule has 628 valence electrons. The Morgan fingerprint density at radius 3 is 0.975 bits per heavy atom. The molecule has 6 fully saturated rings. The van der Waals surface area contributed by atoms with Crippen LogP contribution in [0.3, 0.4) is 0 Å². The zero-order valence-electron chi connectivity index (χ0n) is 64.4. The van der Waals surface area contributed by atoms with Crippen LogP contribution in [0.25, 0.3) is 0 Å². The monoisotopic (exact) mass is 1780 g/mol. The Bertz CT molecular complexity index is 4930. The van der Waals surface area contributed by atoms with Crippen molar-refractivity contribution in [3.05, 3.63) is 323 Å². The zero-order valence-corrected chi connectivity index (χ0v) is 67.5. The van der Waals surface area contributed by atoms with Gasteiger partial charge in [0.05, 0.1) is 58.8 Å². The molecule has 30 heteroatoms. The normalized spacial score (nSPS) is 28.3. The summed E-state index contributed by atoms with van der Waals surface area (Å²) in [4.78, 5) is 119. The summed E-state index contributed by atoms with van der Waals surface area (Å²) in [6, 6.07) is 71.6. The van der Waals surface area contributed by atoms with Crippen LogP contribution in [-0.2, 0) is 94.8 Å². The predicted molar refractivity (Wildman–Crippen MR) is 429 cm³/mol. The number of halogens is 2. The molecule has 1 unspecified atom stereocenters. The number of carboxylic acid groups (broad SMARTS) is 1. The van der Waals surface area contributed by atoms with Crippen molar-refractivity contribution in [1.29, 1.82) is 0 Å². The summed E-state index contributed by atoms with van der Waals surface area (Å²) >= 11 is 7.16. The van der Waals surface area contributed by atoms with Crippen LogP contribution in [-0.4, -0.2) is 206 Å². The lowest BCUT2D eigenvalue weighted by Crippen LogP contribution is -2.70. The van der Waals surface area contributed by atoms with Crippen molar-refractivity contribution < 1.29 is 133 Å². The van der Waals surface area contributed by atoms with Gasteiger partial charge in [-0.3, -0.25) is 0 Å². The van der Waals surface area contributed by atoms with E-state index in [1.807, 2.05) is 0 Å².